The Labute approximate surface area is 101 Å². The molecule has 1 amide bonds. The molecule has 1 aromatic heterocycles. The fourth-order valence-electron chi connectivity index (χ4n) is 1.86. The number of rotatable bonds is 4. The minimum absolute atomic E-state index is 0.0611. The first-order valence-corrected chi connectivity index (χ1v) is 5.94. The van der Waals surface area contributed by atoms with Gasteiger partial charge in [0.25, 0.3) is 0 Å². The standard InChI is InChI=1S/C12H19N3O2/c1-14-4-6-15(7-5-14)10-12(16)13-9-11-3-2-8-17-11/h2-3,8H,4-7,9-10H2,1H3,(H,13,16). The highest BCUT2D eigenvalue weighted by atomic mass is 16.3. The Morgan fingerprint density at radius 1 is 1.41 bits per heavy atom. The fraction of sp³-hybridized carbons (Fsp3) is 0.583. The van der Waals surface area contributed by atoms with Crippen molar-refractivity contribution in [1.29, 1.82) is 0 Å². The SMILES string of the molecule is CN1CCN(CC(=O)NCc2ccco2)CC1. The average Bonchev–Trinajstić information content (AvgIpc) is 2.83. The molecular weight excluding hydrogens is 218 g/mol. The Morgan fingerprint density at radius 2 is 2.18 bits per heavy atom. The van der Waals surface area contributed by atoms with Crippen LogP contribution < -0.4 is 5.32 Å². The molecule has 0 spiro atoms. The maximum Gasteiger partial charge on any atom is 0.234 e. The second kappa shape index (κ2) is 5.84. The van der Waals surface area contributed by atoms with Crippen molar-refractivity contribution in [2.24, 2.45) is 0 Å². The average molecular weight is 237 g/mol. The molecule has 0 atom stereocenters. The molecule has 0 radical (unpaired) electrons. The van der Waals surface area contributed by atoms with E-state index in [1.165, 1.54) is 0 Å². The molecule has 1 N–H and O–H groups in total. The van der Waals surface area contributed by atoms with Gasteiger partial charge in [0.15, 0.2) is 0 Å². The molecule has 17 heavy (non-hydrogen) atoms. The molecule has 5 nitrogen and oxygen atoms in total. The lowest BCUT2D eigenvalue weighted by Crippen LogP contribution is -2.48. The van der Waals surface area contributed by atoms with Gasteiger partial charge in [0.1, 0.15) is 5.76 Å². The van der Waals surface area contributed by atoms with E-state index >= 15 is 0 Å². The van der Waals surface area contributed by atoms with Crippen LogP contribution in [0.15, 0.2) is 22.8 Å². The summed E-state index contributed by atoms with van der Waals surface area (Å²) in [6.07, 6.45) is 1.61. The summed E-state index contributed by atoms with van der Waals surface area (Å²) in [6, 6.07) is 3.68. The lowest BCUT2D eigenvalue weighted by Gasteiger charge is -2.31. The molecule has 0 unspecified atom stereocenters. The lowest BCUT2D eigenvalue weighted by molar-refractivity contribution is -0.122. The summed E-state index contributed by atoms with van der Waals surface area (Å²) in [7, 11) is 2.11. The van der Waals surface area contributed by atoms with Gasteiger partial charge in [-0.15, -0.1) is 0 Å². The van der Waals surface area contributed by atoms with Crippen LogP contribution in [0.1, 0.15) is 5.76 Å². The molecule has 1 saturated heterocycles. The largest absolute Gasteiger partial charge is 0.467 e. The summed E-state index contributed by atoms with van der Waals surface area (Å²) in [5, 5.41) is 2.86. The van der Waals surface area contributed by atoms with Crippen molar-refractivity contribution in [3.05, 3.63) is 24.2 Å². The number of carbonyl (C=O) groups excluding carboxylic acids is 1. The molecule has 1 aliphatic rings. The summed E-state index contributed by atoms with van der Waals surface area (Å²) in [5.41, 5.74) is 0. The molecule has 0 aromatic carbocycles. The van der Waals surface area contributed by atoms with Gasteiger partial charge in [0.2, 0.25) is 5.91 Å². The van der Waals surface area contributed by atoms with Gasteiger partial charge in [-0.1, -0.05) is 0 Å². The van der Waals surface area contributed by atoms with Crippen LogP contribution in [0.2, 0.25) is 0 Å². The van der Waals surface area contributed by atoms with E-state index in [0.29, 0.717) is 13.1 Å². The number of likely N-dealkylation sites (N-methyl/N-ethyl adjacent to an activating group) is 1. The van der Waals surface area contributed by atoms with Crippen LogP contribution in [0.3, 0.4) is 0 Å². The number of hydrogen-bond acceptors (Lipinski definition) is 4. The van der Waals surface area contributed by atoms with E-state index in [2.05, 4.69) is 22.2 Å². The van der Waals surface area contributed by atoms with Gasteiger partial charge in [-0.3, -0.25) is 9.69 Å². The highest BCUT2D eigenvalue weighted by molar-refractivity contribution is 5.77. The predicted molar refractivity (Wildman–Crippen MR) is 64.5 cm³/mol. The van der Waals surface area contributed by atoms with Gasteiger partial charge >= 0.3 is 0 Å². The molecule has 0 aliphatic carbocycles. The minimum atomic E-state index is 0.0611. The first kappa shape index (κ1) is 12.1. The number of carbonyl (C=O) groups is 1. The van der Waals surface area contributed by atoms with Crippen molar-refractivity contribution in [1.82, 2.24) is 15.1 Å². The molecule has 0 bridgehead atoms. The third-order valence-electron chi connectivity index (χ3n) is 3.00. The molecule has 2 heterocycles. The van der Waals surface area contributed by atoms with E-state index in [9.17, 15) is 4.79 Å². The predicted octanol–water partition coefficient (Wildman–Crippen LogP) is 0.143. The number of piperazine rings is 1. The maximum absolute atomic E-state index is 11.7. The smallest absolute Gasteiger partial charge is 0.234 e. The molecule has 2 rings (SSSR count). The van der Waals surface area contributed by atoms with Crippen LogP contribution in [0.25, 0.3) is 0 Å². The Balaban J connectivity index is 1.67. The third-order valence-corrected chi connectivity index (χ3v) is 3.00. The quantitative estimate of drug-likeness (QED) is 0.809. The second-order valence-electron chi connectivity index (χ2n) is 4.44. The zero-order valence-electron chi connectivity index (χ0n) is 10.2. The van der Waals surface area contributed by atoms with Gasteiger partial charge in [0.05, 0.1) is 19.4 Å². The maximum atomic E-state index is 11.7. The van der Waals surface area contributed by atoms with Crippen molar-refractivity contribution >= 4 is 5.91 Å². The van der Waals surface area contributed by atoms with E-state index in [-0.39, 0.29) is 5.91 Å². The Bertz CT molecular complexity index is 343. The Kier molecular flexibility index (Phi) is 4.17. The van der Waals surface area contributed by atoms with Crippen molar-refractivity contribution in [3.8, 4) is 0 Å². The van der Waals surface area contributed by atoms with E-state index in [1.807, 2.05) is 12.1 Å². The highest BCUT2D eigenvalue weighted by Gasteiger charge is 2.16. The first-order chi connectivity index (χ1) is 8.24. The normalized spacial score (nSPS) is 18.2. The van der Waals surface area contributed by atoms with Crippen molar-refractivity contribution < 1.29 is 9.21 Å². The van der Waals surface area contributed by atoms with E-state index < -0.39 is 0 Å². The summed E-state index contributed by atoms with van der Waals surface area (Å²) in [6.45, 7) is 4.94. The van der Waals surface area contributed by atoms with Crippen LogP contribution in [0, 0.1) is 0 Å². The molecule has 1 fully saturated rings. The Morgan fingerprint density at radius 3 is 2.82 bits per heavy atom. The van der Waals surface area contributed by atoms with Gasteiger partial charge in [-0.2, -0.15) is 0 Å². The highest BCUT2D eigenvalue weighted by Crippen LogP contribution is 2.00. The first-order valence-electron chi connectivity index (χ1n) is 5.94. The molecule has 94 valence electrons. The minimum Gasteiger partial charge on any atom is -0.467 e. The van der Waals surface area contributed by atoms with Crippen LogP contribution in [-0.4, -0.2) is 55.5 Å². The second-order valence-corrected chi connectivity index (χ2v) is 4.44. The lowest BCUT2D eigenvalue weighted by atomic mass is 10.3. The summed E-state index contributed by atoms with van der Waals surface area (Å²) in [4.78, 5) is 16.1. The molecule has 1 aromatic rings. The van der Waals surface area contributed by atoms with Crippen LogP contribution in [0.4, 0.5) is 0 Å². The van der Waals surface area contributed by atoms with Crippen molar-refractivity contribution in [2.45, 2.75) is 6.54 Å². The van der Waals surface area contributed by atoms with Gasteiger partial charge in [0, 0.05) is 26.2 Å². The summed E-state index contributed by atoms with van der Waals surface area (Å²) >= 11 is 0. The Hall–Kier alpha value is -1.33. The van der Waals surface area contributed by atoms with Gasteiger partial charge < -0.3 is 14.6 Å². The van der Waals surface area contributed by atoms with Crippen LogP contribution in [0.5, 0.6) is 0 Å². The topological polar surface area (TPSA) is 48.7 Å². The molecule has 0 saturated carbocycles. The molecule has 5 heteroatoms. The monoisotopic (exact) mass is 237 g/mol. The third kappa shape index (κ3) is 3.87. The number of hydrogen-bond donors (Lipinski definition) is 1. The number of nitrogens with zero attached hydrogens (tertiary/aromatic N) is 2. The van der Waals surface area contributed by atoms with Gasteiger partial charge in [-0.05, 0) is 19.2 Å². The van der Waals surface area contributed by atoms with Crippen molar-refractivity contribution in [2.75, 3.05) is 39.8 Å². The summed E-state index contributed by atoms with van der Waals surface area (Å²) in [5.74, 6) is 0.850. The van der Waals surface area contributed by atoms with Crippen molar-refractivity contribution in [3.63, 3.8) is 0 Å². The van der Waals surface area contributed by atoms with E-state index in [4.69, 9.17) is 4.42 Å². The summed E-state index contributed by atoms with van der Waals surface area (Å²) < 4.78 is 5.15. The molecule has 1 aliphatic heterocycles. The number of amides is 1. The van der Waals surface area contributed by atoms with Crippen LogP contribution in [-0.2, 0) is 11.3 Å². The van der Waals surface area contributed by atoms with E-state index in [1.54, 1.807) is 6.26 Å². The zero-order valence-corrected chi connectivity index (χ0v) is 10.2. The van der Waals surface area contributed by atoms with E-state index in [0.717, 1.165) is 31.9 Å². The van der Waals surface area contributed by atoms with Crippen LogP contribution >= 0.6 is 0 Å². The molecular formula is C12H19N3O2. The zero-order chi connectivity index (χ0) is 12.1. The number of nitrogens with one attached hydrogen (secondary N) is 1. The number of furan rings is 1. The fourth-order valence-corrected chi connectivity index (χ4v) is 1.86. The van der Waals surface area contributed by atoms with Gasteiger partial charge in [-0.25, -0.2) is 0 Å².